The van der Waals surface area contributed by atoms with Gasteiger partial charge in [0.1, 0.15) is 0 Å². The summed E-state index contributed by atoms with van der Waals surface area (Å²) in [6.45, 7) is 4.32. The summed E-state index contributed by atoms with van der Waals surface area (Å²) >= 11 is 0. The normalized spacial score (nSPS) is 11.2. The third-order valence-electron chi connectivity index (χ3n) is 1.99. The van der Waals surface area contributed by atoms with E-state index in [1.807, 2.05) is 24.7 Å². The van der Waals surface area contributed by atoms with Crippen molar-refractivity contribution in [1.82, 2.24) is 9.55 Å². The summed E-state index contributed by atoms with van der Waals surface area (Å²) in [4.78, 5) is 4.04. The first-order chi connectivity index (χ1) is 5.79. The maximum absolute atomic E-state index is 4.04. The summed E-state index contributed by atoms with van der Waals surface area (Å²) in [5.74, 6) is 0. The van der Waals surface area contributed by atoms with Crippen molar-refractivity contribution in [3.05, 3.63) is 30.7 Å². The highest BCUT2D eigenvalue weighted by atomic mass is 15.0. The lowest BCUT2D eigenvalue weighted by Gasteiger charge is -2.07. The van der Waals surface area contributed by atoms with E-state index in [0.29, 0.717) is 6.04 Å². The lowest BCUT2D eigenvalue weighted by molar-refractivity contribution is 0.622. The van der Waals surface area contributed by atoms with Gasteiger partial charge < -0.3 is 4.57 Å². The van der Waals surface area contributed by atoms with Gasteiger partial charge in [-0.3, -0.25) is 4.98 Å². The van der Waals surface area contributed by atoms with E-state index in [1.165, 1.54) is 5.52 Å². The van der Waals surface area contributed by atoms with Crippen LogP contribution in [0, 0.1) is 6.07 Å². The maximum Gasteiger partial charge on any atom is 0.0520 e. The Bertz CT molecular complexity index is 387. The minimum atomic E-state index is 0.487. The van der Waals surface area contributed by atoms with Crippen LogP contribution in [-0.2, 0) is 0 Å². The molecule has 0 aromatic carbocycles. The van der Waals surface area contributed by atoms with Crippen LogP contribution in [0.1, 0.15) is 19.9 Å². The molecular weight excluding hydrogens is 148 g/mol. The first kappa shape index (κ1) is 7.35. The van der Waals surface area contributed by atoms with Gasteiger partial charge >= 0.3 is 0 Å². The molecule has 0 amide bonds. The van der Waals surface area contributed by atoms with Gasteiger partial charge in [0.05, 0.1) is 5.52 Å². The zero-order valence-corrected chi connectivity index (χ0v) is 7.28. The minimum absolute atomic E-state index is 0.487. The van der Waals surface area contributed by atoms with E-state index < -0.39 is 0 Å². The Hall–Kier alpha value is -1.31. The van der Waals surface area contributed by atoms with Crippen LogP contribution in [0.25, 0.3) is 10.9 Å². The SMILES string of the molecule is CC(C)n1c[c]c2cnccc21. The zero-order valence-electron chi connectivity index (χ0n) is 7.28. The Morgan fingerprint density at radius 1 is 1.50 bits per heavy atom. The fraction of sp³-hybridized carbons (Fsp3) is 0.300. The molecule has 0 aliphatic heterocycles. The molecule has 2 heterocycles. The van der Waals surface area contributed by atoms with E-state index in [1.54, 1.807) is 0 Å². The van der Waals surface area contributed by atoms with E-state index in [0.717, 1.165) is 5.39 Å². The molecule has 12 heavy (non-hydrogen) atoms. The Morgan fingerprint density at radius 2 is 2.33 bits per heavy atom. The van der Waals surface area contributed by atoms with Crippen LogP contribution in [0.4, 0.5) is 0 Å². The lowest BCUT2D eigenvalue weighted by atomic mass is 10.3. The van der Waals surface area contributed by atoms with E-state index in [9.17, 15) is 0 Å². The molecule has 0 bridgehead atoms. The Kier molecular flexibility index (Phi) is 1.61. The molecule has 0 fully saturated rings. The number of rotatable bonds is 1. The summed E-state index contributed by atoms with van der Waals surface area (Å²) in [5, 5.41) is 1.09. The third kappa shape index (κ3) is 0.998. The second-order valence-corrected chi connectivity index (χ2v) is 3.17. The predicted molar refractivity (Wildman–Crippen MR) is 49.0 cm³/mol. The fourth-order valence-corrected chi connectivity index (χ4v) is 1.36. The molecule has 0 unspecified atom stereocenters. The molecule has 0 aliphatic carbocycles. The van der Waals surface area contributed by atoms with Crippen molar-refractivity contribution in [3.8, 4) is 0 Å². The van der Waals surface area contributed by atoms with Gasteiger partial charge in [0.2, 0.25) is 0 Å². The van der Waals surface area contributed by atoms with Crippen molar-refractivity contribution in [3.63, 3.8) is 0 Å². The summed E-state index contributed by atoms with van der Waals surface area (Å²) < 4.78 is 2.19. The summed E-state index contributed by atoms with van der Waals surface area (Å²) in [7, 11) is 0. The fourth-order valence-electron chi connectivity index (χ4n) is 1.36. The molecule has 0 aliphatic rings. The molecule has 1 radical (unpaired) electrons. The molecular formula is C10H11N2. The molecule has 0 saturated carbocycles. The van der Waals surface area contributed by atoms with Gasteiger partial charge in [0, 0.05) is 36.1 Å². The quantitative estimate of drug-likeness (QED) is 0.624. The van der Waals surface area contributed by atoms with Gasteiger partial charge in [0.25, 0.3) is 0 Å². The van der Waals surface area contributed by atoms with Gasteiger partial charge in [-0.2, -0.15) is 0 Å². The van der Waals surface area contributed by atoms with Crippen LogP contribution < -0.4 is 0 Å². The predicted octanol–water partition coefficient (Wildman–Crippen LogP) is 2.42. The Labute approximate surface area is 71.8 Å². The van der Waals surface area contributed by atoms with Crippen LogP contribution in [-0.4, -0.2) is 9.55 Å². The molecule has 0 saturated heterocycles. The first-order valence-electron chi connectivity index (χ1n) is 4.11. The minimum Gasteiger partial charge on any atom is -0.344 e. The summed E-state index contributed by atoms with van der Waals surface area (Å²) in [6.07, 6.45) is 5.64. The molecule has 2 nitrogen and oxygen atoms in total. The molecule has 61 valence electrons. The second-order valence-electron chi connectivity index (χ2n) is 3.17. The zero-order chi connectivity index (χ0) is 8.55. The van der Waals surface area contributed by atoms with Crippen LogP contribution in [0.5, 0.6) is 0 Å². The first-order valence-corrected chi connectivity index (χ1v) is 4.11. The molecule has 2 aromatic rings. The average Bonchev–Trinajstić information content (AvgIpc) is 2.47. The number of hydrogen-bond donors (Lipinski definition) is 0. The molecule has 0 spiro atoms. The molecule has 0 N–H and O–H groups in total. The van der Waals surface area contributed by atoms with E-state index in [4.69, 9.17) is 0 Å². The lowest BCUT2D eigenvalue weighted by Crippen LogP contribution is -1.97. The van der Waals surface area contributed by atoms with Crippen molar-refractivity contribution >= 4 is 10.9 Å². The van der Waals surface area contributed by atoms with Crippen molar-refractivity contribution in [2.45, 2.75) is 19.9 Å². The van der Waals surface area contributed by atoms with E-state index in [-0.39, 0.29) is 0 Å². The Balaban J connectivity index is 2.70. The van der Waals surface area contributed by atoms with Gasteiger partial charge in [-0.25, -0.2) is 0 Å². The summed E-state index contributed by atoms with van der Waals surface area (Å²) in [6, 6.07) is 5.68. The number of nitrogens with zero attached hydrogens (tertiary/aromatic N) is 2. The monoisotopic (exact) mass is 159 g/mol. The van der Waals surface area contributed by atoms with Crippen molar-refractivity contribution < 1.29 is 0 Å². The largest absolute Gasteiger partial charge is 0.344 e. The van der Waals surface area contributed by atoms with Crippen molar-refractivity contribution in [2.75, 3.05) is 0 Å². The third-order valence-corrected chi connectivity index (χ3v) is 1.99. The molecule has 2 rings (SSSR count). The highest BCUT2D eigenvalue weighted by molar-refractivity contribution is 5.78. The second kappa shape index (κ2) is 2.63. The maximum atomic E-state index is 4.04. The highest BCUT2D eigenvalue weighted by Gasteiger charge is 2.02. The van der Waals surface area contributed by atoms with Gasteiger partial charge in [-0.15, -0.1) is 0 Å². The number of pyridine rings is 1. The standard InChI is InChI=1S/C10H11N2/c1-8(2)12-6-4-9-7-11-5-3-10(9)12/h3,5-8H,1-2H3. The Morgan fingerprint density at radius 3 is 3.08 bits per heavy atom. The van der Waals surface area contributed by atoms with Crippen LogP contribution in [0.3, 0.4) is 0 Å². The van der Waals surface area contributed by atoms with Gasteiger partial charge in [0.15, 0.2) is 0 Å². The average molecular weight is 159 g/mol. The van der Waals surface area contributed by atoms with Crippen molar-refractivity contribution in [2.24, 2.45) is 0 Å². The van der Waals surface area contributed by atoms with Crippen LogP contribution in [0.15, 0.2) is 24.7 Å². The summed E-state index contributed by atoms with van der Waals surface area (Å²) in [5.41, 5.74) is 1.21. The van der Waals surface area contributed by atoms with Gasteiger partial charge in [-0.1, -0.05) is 0 Å². The van der Waals surface area contributed by atoms with Crippen molar-refractivity contribution in [1.29, 1.82) is 0 Å². The van der Waals surface area contributed by atoms with Crippen LogP contribution in [0.2, 0.25) is 0 Å². The van der Waals surface area contributed by atoms with Gasteiger partial charge in [-0.05, 0) is 19.9 Å². The van der Waals surface area contributed by atoms with E-state index >= 15 is 0 Å². The number of aromatic nitrogens is 2. The topological polar surface area (TPSA) is 17.8 Å². The van der Waals surface area contributed by atoms with E-state index in [2.05, 4.69) is 29.5 Å². The highest BCUT2D eigenvalue weighted by Crippen LogP contribution is 2.17. The van der Waals surface area contributed by atoms with Crippen LogP contribution >= 0.6 is 0 Å². The smallest absolute Gasteiger partial charge is 0.0520 e. The number of hydrogen-bond acceptors (Lipinski definition) is 1. The molecule has 0 atom stereocenters. The molecule has 2 heteroatoms. The number of fused-ring (bicyclic) bond motifs is 1. The molecule has 2 aromatic heterocycles.